The number of nitrogens with zero attached hydrogens (tertiary/aromatic N) is 4. The van der Waals surface area contributed by atoms with Gasteiger partial charge in [-0.15, -0.1) is 0 Å². The number of amides is 1. The molecule has 1 aromatic heterocycles. The Hall–Kier alpha value is -1.61. The molecule has 3 rings (SSSR count). The van der Waals surface area contributed by atoms with Crippen LogP contribution in [0.1, 0.15) is 25.5 Å². The van der Waals surface area contributed by atoms with Crippen LogP contribution in [0.2, 0.25) is 0 Å². The third kappa shape index (κ3) is 2.30. The third-order valence-electron chi connectivity index (χ3n) is 4.13. The van der Waals surface area contributed by atoms with E-state index in [-0.39, 0.29) is 17.5 Å². The van der Waals surface area contributed by atoms with Crippen LogP contribution in [0.25, 0.3) is 0 Å². The maximum Gasteiger partial charge on any atom is 0.407 e. The van der Waals surface area contributed by atoms with Crippen LogP contribution in [-0.2, 0) is 23.1 Å². The molecule has 0 saturated carbocycles. The average Bonchev–Trinajstić information content (AvgIpc) is 3.06. The number of carboxylic acid groups (broad SMARTS) is 1. The van der Waals surface area contributed by atoms with Gasteiger partial charge in [0.15, 0.2) is 0 Å². The van der Waals surface area contributed by atoms with Crippen molar-refractivity contribution in [2.45, 2.75) is 43.8 Å². The fourth-order valence-corrected chi connectivity index (χ4v) is 4.58. The topological polar surface area (TPSA) is 95.7 Å². The molecular formula is C12H18N4O4S. The molecule has 0 spiro atoms. The van der Waals surface area contributed by atoms with Crippen molar-refractivity contribution in [1.29, 1.82) is 0 Å². The lowest BCUT2D eigenvalue weighted by Crippen LogP contribution is -2.44. The summed E-state index contributed by atoms with van der Waals surface area (Å²) in [6.07, 6.45) is 2.03. The maximum atomic E-state index is 12.6. The third-order valence-corrected chi connectivity index (χ3v) is 6.07. The van der Waals surface area contributed by atoms with Gasteiger partial charge >= 0.3 is 6.09 Å². The molecule has 1 N–H and O–H groups in total. The standard InChI is InChI=1S/C12H18N4O4S/c1-9-7-16-10(8-15(9)12(17)18)11(6-13-16)21(19,20)14-4-2-3-5-14/h6,9H,2-5,7-8H2,1H3,(H,17,18)/t9-/m0/s1. The van der Waals surface area contributed by atoms with Crippen LogP contribution in [0.15, 0.2) is 11.1 Å². The Morgan fingerprint density at radius 2 is 2.05 bits per heavy atom. The summed E-state index contributed by atoms with van der Waals surface area (Å²) in [5.41, 5.74) is 0.461. The summed E-state index contributed by atoms with van der Waals surface area (Å²) in [5.74, 6) is 0. The first kappa shape index (κ1) is 14.3. The van der Waals surface area contributed by atoms with Gasteiger partial charge in [0.05, 0.1) is 31.0 Å². The maximum absolute atomic E-state index is 12.6. The minimum atomic E-state index is -3.57. The average molecular weight is 314 g/mol. The molecule has 0 aliphatic carbocycles. The van der Waals surface area contributed by atoms with Crippen LogP contribution in [0, 0.1) is 0 Å². The van der Waals surface area contributed by atoms with Gasteiger partial charge in [-0.3, -0.25) is 9.58 Å². The normalized spacial score (nSPS) is 23.3. The lowest BCUT2D eigenvalue weighted by Gasteiger charge is -2.32. The van der Waals surface area contributed by atoms with Crippen molar-refractivity contribution in [2.24, 2.45) is 0 Å². The monoisotopic (exact) mass is 314 g/mol. The zero-order valence-electron chi connectivity index (χ0n) is 11.8. The number of aromatic nitrogens is 2. The second kappa shape index (κ2) is 4.99. The number of fused-ring (bicyclic) bond motifs is 1. The van der Waals surface area contributed by atoms with Crippen molar-refractivity contribution in [1.82, 2.24) is 19.0 Å². The molecular weight excluding hydrogens is 296 g/mol. The zero-order valence-corrected chi connectivity index (χ0v) is 12.6. The number of rotatable bonds is 2. The minimum absolute atomic E-state index is 0.0545. The molecule has 1 fully saturated rings. The fourth-order valence-electron chi connectivity index (χ4n) is 2.92. The summed E-state index contributed by atoms with van der Waals surface area (Å²) in [4.78, 5) is 12.6. The first-order chi connectivity index (χ1) is 9.91. The lowest BCUT2D eigenvalue weighted by atomic mass is 10.2. The van der Waals surface area contributed by atoms with Crippen LogP contribution >= 0.6 is 0 Å². The minimum Gasteiger partial charge on any atom is -0.465 e. The van der Waals surface area contributed by atoms with Gasteiger partial charge in [0.25, 0.3) is 0 Å². The molecule has 1 saturated heterocycles. The molecule has 1 atom stereocenters. The quantitative estimate of drug-likeness (QED) is 0.860. The molecule has 1 aromatic rings. The molecule has 9 heteroatoms. The molecule has 2 aliphatic heterocycles. The van der Waals surface area contributed by atoms with E-state index >= 15 is 0 Å². The van der Waals surface area contributed by atoms with Gasteiger partial charge in [-0.1, -0.05) is 0 Å². The van der Waals surface area contributed by atoms with E-state index < -0.39 is 16.1 Å². The van der Waals surface area contributed by atoms with Crippen LogP contribution < -0.4 is 0 Å². The second-order valence-electron chi connectivity index (χ2n) is 5.51. The number of hydrogen-bond acceptors (Lipinski definition) is 4. The highest BCUT2D eigenvalue weighted by molar-refractivity contribution is 7.89. The van der Waals surface area contributed by atoms with Gasteiger partial charge in [0.2, 0.25) is 10.0 Å². The fraction of sp³-hybridized carbons (Fsp3) is 0.667. The Morgan fingerprint density at radius 1 is 1.38 bits per heavy atom. The molecule has 8 nitrogen and oxygen atoms in total. The van der Waals surface area contributed by atoms with Crippen LogP contribution in [-0.4, -0.2) is 57.7 Å². The summed E-state index contributed by atoms with van der Waals surface area (Å²) < 4.78 is 28.3. The Labute approximate surface area is 123 Å². The van der Waals surface area contributed by atoms with E-state index in [1.54, 1.807) is 11.6 Å². The summed E-state index contributed by atoms with van der Waals surface area (Å²) in [6, 6.07) is -0.225. The van der Waals surface area contributed by atoms with Crippen molar-refractivity contribution in [3.05, 3.63) is 11.9 Å². The van der Waals surface area contributed by atoms with Gasteiger partial charge in [0, 0.05) is 13.1 Å². The van der Waals surface area contributed by atoms with Crippen LogP contribution in [0.3, 0.4) is 0 Å². The van der Waals surface area contributed by atoms with Gasteiger partial charge < -0.3 is 5.11 Å². The molecule has 116 valence electrons. The summed E-state index contributed by atoms with van der Waals surface area (Å²) in [6.45, 7) is 3.25. The first-order valence-electron chi connectivity index (χ1n) is 6.95. The summed E-state index contributed by atoms with van der Waals surface area (Å²) in [7, 11) is -3.57. The first-order valence-corrected chi connectivity index (χ1v) is 8.39. The van der Waals surface area contributed by atoms with Gasteiger partial charge in [-0.05, 0) is 19.8 Å². The number of hydrogen-bond donors (Lipinski definition) is 1. The van der Waals surface area contributed by atoms with E-state index in [9.17, 15) is 18.3 Å². The second-order valence-corrected chi connectivity index (χ2v) is 7.41. The van der Waals surface area contributed by atoms with E-state index in [0.717, 1.165) is 12.8 Å². The highest BCUT2D eigenvalue weighted by atomic mass is 32.2. The molecule has 0 bridgehead atoms. The largest absolute Gasteiger partial charge is 0.465 e. The predicted octanol–water partition coefficient (Wildman–Crippen LogP) is 0.550. The SMILES string of the molecule is C[C@H]1Cn2ncc(S(=O)(=O)N3CCCC3)c2CN1C(=O)O. The van der Waals surface area contributed by atoms with Crippen molar-refractivity contribution in [3.63, 3.8) is 0 Å². The smallest absolute Gasteiger partial charge is 0.407 e. The molecule has 2 aliphatic rings. The summed E-state index contributed by atoms with van der Waals surface area (Å²) in [5, 5.41) is 13.3. The summed E-state index contributed by atoms with van der Waals surface area (Å²) >= 11 is 0. The lowest BCUT2D eigenvalue weighted by molar-refractivity contribution is 0.104. The van der Waals surface area contributed by atoms with E-state index in [4.69, 9.17) is 0 Å². The van der Waals surface area contributed by atoms with E-state index in [0.29, 0.717) is 25.3 Å². The predicted molar refractivity (Wildman–Crippen MR) is 73.2 cm³/mol. The number of sulfonamides is 1. The molecule has 0 aromatic carbocycles. The zero-order chi connectivity index (χ0) is 15.2. The Balaban J connectivity index is 1.98. The van der Waals surface area contributed by atoms with Gasteiger partial charge in [0.1, 0.15) is 4.90 Å². The Kier molecular flexibility index (Phi) is 3.40. The van der Waals surface area contributed by atoms with E-state index in [1.807, 2.05) is 0 Å². The highest BCUT2D eigenvalue weighted by Crippen LogP contribution is 2.27. The van der Waals surface area contributed by atoms with Crippen molar-refractivity contribution >= 4 is 16.1 Å². The highest BCUT2D eigenvalue weighted by Gasteiger charge is 2.36. The van der Waals surface area contributed by atoms with Crippen LogP contribution in [0.5, 0.6) is 0 Å². The van der Waals surface area contributed by atoms with E-state index in [1.165, 1.54) is 15.4 Å². The molecule has 21 heavy (non-hydrogen) atoms. The molecule has 0 unspecified atom stereocenters. The van der Waals surface area contributed by atoms with Crippen molar-refractivity contribution < 1.29 is 18.3 Å². The number of carbonyl (C=O) groups is 1. The van der Waals surface area contributed by atoms with E-state index in [2.05, 4.69) is 5.10 Å². The van der Waals surface area contributed by atoms with Crippen molar-refractivity contribution in [3.8, 4) is 0 Å². The van der Waals surface area contributed by atoms with Gasteiger partial charge in [-0.2, -0.15) is 9.40 Å². The molecule has 0 radical (unpaired) electrons. The van der Waals surface area contributed by atoms with Gasteiger partial charge in [-0.25, -0.2) is 13.2 Å². The Morgan fingerprint density at radius 3 is 2.67 bits per heavy atom. The molecule has 3 heterocycles. The van der Waals surface area contributed by atoms with Crippen LogP contribution in [0.4, 0.5) is 4.79 Å². The van der Waals surface area contributed by atoms with Crippen molar-refractivity contribution in [2.75, 3.05) is 13.1 Å². The molecule has 1 amide bonds. The Bertz CT molecular complexity index is 663.